The van der Waals surface area contributed by atoms with Crippen LogP contribution in [0.25, 0.3) is 10.9 Å². The van der Waals surface area contributed by atoms with Crippen LogP contribution in [0.15, 0.2) is 42.6 Å². The third-order valence-corrected chi connectivity index (χ3v) is 8.02. The maximum absolute atomic E-state index is 12.8. The van der Waals surface area contributed by atoms with Crippen molar-refractivity contribution in [1.29, 1.82) is 0 Å². The van der Waals surface area contributed by atoms with E-state index in [1.165, 1.54) is 0 Å². The summed E-state index contributed by atoms with van der Waals surface area (Å²) in [4.78, 5) is 41.9. The fourth-order valence-corrected chi connectivity index (χ4v) is 5.88. The number of H-pyrrole nitrogens is 1. The van der Waals surface area contributed by atoms with E-state index < -0.39 is 0 Å². The Morgan fingerprint density at radius 1 is 1.18 bits per heavy atom. The number of piperazine rings is 1. The Balaban J connectivity index is 1.29. The Hall–Kier alpha value is -3.79. The first-order valence-electron chi connectivity index (χ1n) is 14.4. The minimum absolute atomic E-state index is 0.0635. The van der Waals surface area contributed by atoms with Crippen LogP contribution in [0.3, 0.4) is 0 Å². The maximum atomic E-state index is 12.8. The smallest absolute Gasteiger partial charge is 0.321 e. The Morgan fingerprint density at radius 3 is 2.70 bits per heavy atom. The molecule has 0 bridgehead atoms. The molecule has 0 saturated carbocycles. The lowest BCUT2D eigenvalue weighted by molar-refractivity contribution is -0.109. The van der Waals surface area contributed by atoms with Gasteiger partial charge in [0.1, 0.15) is 12.1 Å². The number of benzene rings is 1. The number of rotatable bonds is 8. The van der Waals surface area contributed by atoms with Gasteiger partial charge < -0.3 is 40.0 Å². The monoisotopic (exact) mass is 546 g/mol. The summed E-state index contributed by atoms with van der Waals surface area (Å²) in [6.07, 6.45) is 4.54. The number of likely N-dealkylation sites (N-methyl/N-ethyl adjacent to an activating group) is 1. The Morgan fingerprint density at radius 2 is 1.98 bits per heavy atom. The summed E-state index contributed by atoms with van der Waals surface area (Å²) in [6.45, 7) is 11.2. The van der Waals surface area contributed by atoms with Gasteiger partial charge in [-0.15, -0.1) is 0 Å². The van der Waals surface area contributed by atoms with Crippen molar-refractivity contribution < 1.29 is 9.59 Å². The molecule has 5 rings (SSSR count). The first-order valence-corrected chi connectivity index (χ1v) is 14.4. The van der Waals surface area contributed by atoms with Gasteiger partial charge in [-0.2, -0.15) is 0 Å². The van der Waals surface area contributed by atoms with Crippen LogP contribution in [0.2, 0.25) is 0 Å². The van der Waals surface area contributed by atoms with Crippen molar-refractivity contribution in [2.75, 3.05) is 66.7 Å². The number of hydrogen-bond donors (Lipinski definition) is 3. The zero-order chi connectivity index (χ0) is 28.2. The minimum atomic E-state index is -0.248. The lowest BCUT2D eigenvalue weighted by Crippen LogP contribution is -2.51. The number of aromatic nitrogens is 2. The van der Waals surface area contributed by atoms with Gasteiger partial charge in [-0.25, -0.2) is 9.78 Å². The number of fused-ring (bicyclic) bond motifs is 1. The van der Waals surface area contributed by atoms with E-state index in [1.807, 2.05) is 35.4 Å². The molecule has 2 aliphatic rings. The number of amides is 2. The first-order chi connectivity index (χ1) is 19.4. The topological polar surface area (TPSA) is 99.8 Å². The second-order valence-electron chi connectivity index (χ2n) is 11.2. The molecule has 2 unspecified atom stereocenters. The number of hydrogen-bond acceptors (Lipinski definition) is 7. The lowest BCUT2D eigenvalue weighted by Gasteiger charge is -2.42. The highest BCUT2D eigenvalue weighted by Gasteiger charge is 2.33. The van der Waals surface area contributed by atoms with Crippen molar-refractivity contribution in [1.82, 2.24) is 19.8 Å². The van der Waals surface area contributed by atoms with E-state index in [0.717, 1.165) is 92.3 Å². The first kappa shape index (κ1) is 27.8. The number of carbonyl (C=O) groups excluding carboxylic acids is 2. The molecule has 0 radical (unpaired) electrons. The number of piperidine rings is 1. The third-order valence-electron chi connectivity index (χ3n) is 8.02. The molecule has 0 aliphatic carbocycles. The van der Waals surface area contributed by atoms with Gasteiger partial charge in [0.15, 0.2) is 5.82 Å². The van der Waals surface area contributed by atoms with E-state index in [2.05, 4.69) is 70.3 Å². The van der Waals surface area contributed by atoms with Crippen molar-refractivity contribution in [2.45, 2.75) is 51.7 Å². The van der Waals surface area contributed by atoms with Gasteiger partial charge in [-0.05, 0) is 77.1 Å². The number of nitrogens with one attached hydrogen (secondary N) is 3. The summed E-state index contributed by atoms with van der Waals surface area (Å²) in [5.74, 6) is 1.87. The Bertz CT molecular complexity index is 1320. The molecule has 40 heavy (non-hydrogen) atoms. The minimum Gasteiger partial charge on any atom is -0.380 e. The molecular formula is C30H42N8O2. The molecule has 3 aromatic rings. The normalized spacial score (nSPS) is 20.1. The van der Waals surface area contributed by atoms with Crippen LogP contribution in [0.4, 0.5) is 27.8 Å². The summed E-state index contributed by atoms with van der Waals surface area (Å²) < 4.78 is 0. The Kier molecular flexibility index (Phi) is 8.44. The molecule has 2 saturated heterocycles. The van der Waals surface area contributed by atoms with Gasteiger partial charge in [0.25, 0.3) is 0 Å². The van der Waals surface area contributed by atoms with Crippen LogP contribution < -0.4 is 20.4 Å². The quantitative estimate of drug-likeness (QED) is 0.364. The standard InChI is InChI=1S/C30H42N8O2/c1-5-37(29-27(32-21(2)3)7-6-11-31-29)24-10-12-38(25(19-24)20-39)28-18-22-17-23(8-9-26(22)34-28)33-30(40)36-15-13-35(4)14-16-36/h6-9,11,17-18,20-21,24-25,32,34H,5,10,12-16,19H2,1-4H3,(H,33,40). The molecule has 1 aromatic carbocycles. The van der Waals surface area contributed by atoms with Crippen LogP contribution in [0.5, 0.6) is 0 Å². The van der Waals surface area contributed by atoms with Crippen molar-refractivity contribution >= 4 is 46.2 Å². The number of nitrogens with zero attached hydrogens (tertiary/aromatic N) is 5. The number of anilines is 4. The highest BCUT2D eigenvalue weighted by atomic mass is 16.2. The molecule has 2 aromatic heterocycles. The molecule has 2 fully saturated rings. The van der Waals surface area contributed by atoms with Gasteiger partial charge in [-0.3, -0.25) is 0 Å². The molecule has 2 aliphatic heterocycles. The van der Waals surface area contributed by atoms with Crippen molar-refractivity contribution in [2.24, 2.45) is 0 Å². The number of urea groups is 1. The SMILES string of the molecule is CCN(c1ncccc1NC(C)C)C1CCN(c2cc3cc(NC(=O)N4CCN(C)CC4)ccc3[nH]2)C(C=O)C1. The summed E-state index contributed by atoms with van der Waals surface area (Å²) in [7, 11) is 2.08. The molecule has 214 valence electrons. The predicted octanol–water partition coefficient (Wildman–Crippen LogP) is 4.23. The van der Waals surface area contributed by atoms with Crippen molar-refractivity contribution in [3.05, 3.63) is 42.6 Å². The number of pyridine rings is 1. The molecule has 2 amide bonds. The van der Waals surface area contributed by atoms with Gasteiger partial charge >= 0.3 is 6.03 Å². The number of carbonyl (C=O) groups is 2. The summed E-state index contributed by atoms with van der Waals surface area (Å²) in [6, 6.07) is 12.2. The lowest BCUT2D eigenvalue weighted by atomic mass is 9.96. The van der Waals surface area contributed by atoms with Gasteiger partial charge in [-0.1, -0.05) is 0 Å². The molecule has 10 heteroatoms. The number of aldehydes is 1. The van der Waals surface area contributed by atoms with Crippen LogP contribution >= 0.6 is 0 Å². The van der Waals surface area contributed by atoms with Crippen LogP contribution in [-0.2, 0) is 4.79 Å². The summed E-state index contributed by atoms with van der Waals surface area (Å²) >= 11 is 0. The molecule has 10 nitrogen and oxygen atoms in total. The average molecular weight is 547 g/mol. The van der Waals surface area contributed by atoms with E-state index in [1.54, 1.807) is 0 Å². The van der Waals surface area contributed by atoms with Crippen molar-refractivity contribution in [3.63, 3.8) is 0 Å². The highest BCUT2D eigenvalue weighted by molar-refractivity contribution is 5.94. The average Bonchev–Trinajstić information content (AvgIpc) is 3.37. The predicted molar refractivity (Wildman–Crippen MR) is 163 cm³/mol. The summed E-state index contributed by atoms with van der Waals surface area (Å²) in [5, 5.41) is 7.58. The van der Waals surface area contributed by atoms with Crippen LogP contribution in [0, 0.1) is 0 Å². The molecular weight excluding hydrogens is 504 g/mol. The van der Waals surface area contributed by atoms with E-state index in [0.29, 0.717) is 6.04 Å². The zero-order valence-corrected chi connectivity index (χ0v) is 24.1. The van der Waals surface area contributed by atoms with E-state index in [-0.39, 0.29) is 18.1 Å². The largest absolute Gasteiger partial charge is 0.380 e. The van der Waals surface area contributed by atoms with E-state index in [9.17, 15) is 9.59 Å². The second kappa shape index (κ2) is 12.2. The highest BCUT2D eigenvalue weighted by Crippen LogP contribution is 2.33. The maximum Gasteiger partial charge on any atom is 0.321 e. The van der Waals surface area contributed by atoms with Crippen LogP contribution in [-0.4, -0.2) is 96.5 Å². The van der Waals surface area contributed by atoms with Gasteiger partial charge in [0.05, 0.1) is 11.7 Å². The van der Waals surface area contributed by atoms with Gasteiger partial charge in [0, 0.05) is 74.1 Å². The van der Waals surface area contributed by atoms with E-state index >= 15 is 0 Å². The number of aromatic amines is 1. The molecule has 4 heterocycles. The van der Waals surface area contributed by atoms with Crippen molar-refractivity contribution in [3.8, 4) is 0 Å². The molecule has 3 N–H and O–H groups in total. The molecule has 0 spiro atoms. The fourth-order valence-electron chi connectivity index (χ4n) is 5.88. The third kappa shape index (κ3) is 6.01. The van der Waals surface area contributed by atoms with Gasteiger partial charge in [0.2, 0.25) is 0 Å². The Labute approximate surface area is 236 Å². The second-order valence-corrected chi connectivity index (χ2v) is 11.2. The molecule has 2 atom stereocenters. The van der Waals surface area contributed by atoms with E-state index in [4.69, 9.17) is 4.98 Å². The van der Waals surface area contributed by atoms with Crippen LogP contribution in [0.1, 0.15) is 33.6 Å². The fraction of sp³-hybridized carbons (Fsp3) is 0.500. The summed E-state index contributed by atoms with van der Waals surface area (Å²) in [5.41, 5.74) is 2.77. The zero-order valence-electron chi connectivity index (χ0n) is 24.1.